The SMILES string of the molecule is O=C(c1ccccc1)N1CCN(c2cccc3c2C(=O)N(Cc2cccnc2)C3=O)CC1. The zero-order valence-corrected chi connectivity index (χ0v) is 17.5. The van der Waals surface area contributed by atoms with E-state index in [0.717, 1.165) is 11.3 Å². The first-order chi connectivity index (χ1) is 15.6. The van der Waals surface area contributed by atoms with Crippen LogP contribution in [0, 0.1) is 0 Å². The number of benzene rings is 2. The van der Waals surface area contributed by atoms with Crippen LogP contribution in [0.2, 0.25) is 0 Å². The van der Waals surface area contributed by atoms with Gasteiger partial charge in [-0.05, 0) is 35.9 Å². The minimum atomic E-state index is -0.285. The first-order valence-corrected chi connectivity index (χ1v) is 10.6. The second-order valence-corrected chi connectivity index (χ2v) is 7.90. The Morgan fingerprint density at radius 1 is 0.844 bits per heavy atom. The highest BCUT2D eigenvalue weighted by Gasteiger charge is 2.39. The molecule has 7 heteroatoms. The Bertz CT molecular complexity index is 1170. The first-order valence-electron chi connectivity index (χ1n) is 10.6. The molecule has 0 bridgehead atoms. The normalized spacial score (nSPS) is 15.8. The monoisotopic (exact) mass is 426 g/mol. The van der Waals surface area contributed by atoms with E-state index in [1.165, 1.54) is 4.90 Å². The number of anilines is 1. The number of imide groups is 1. The van der Waals surface area contributed by atoms with E-state index in [0.29, 0.717) is 42.9 Å². The van der Waals surface area contributed by atoms with Crippen LogP contribution in [0.1, 0.15) is 36.6 Å². The topological polar surface area (TPSA) is 73.8 Å². The Morgan fingerprint density at radius 3 is 2.34 bits per heavy atom. The number of hydrogen-bond donors (Lipinski definition) is 0. The van der Waals surface area contributed by atoms with Gasteiger partial charge in [-0.3, -0.25) is 24.3 Å². The summed E-state index contributed by atoms with van der Waals surface area (Å²) in [6, 6.07) is 18.3. The maximum absolute atomic E-state index is 13.2. The molecule has 0 aliphatic carbocycles. The molecule has 3 aromatic rings. The Labute approximate surface area is 185 Å². The maximum Gasteiger partial charge on any atom is 0.263 e. The molecule has 32 heavy (non-hydrogen) atoms. The van der Waals surface area contributed by atoms with Crippen molar-refractivity contribution in [1.29, 1.82) is 0 Å². The number of pyridine rings is 1. The first kappa shape index (κ1) is 19.9. The van der Waals surface area contributed by atoms with Crippen molar-refractivity contribution in [3.63, 3.8) is 0 Å². The van der Waals surface area contributed by atoms with Crippen LogP contribution in [0.15, 0.2) is 73.1 Å². The summed E-state index contributed by atoms with van der Waals surface area (Å²) in [6.45, 7) is 2.50. The molecule has 7 nitrogen and oxygen atoms in total. The zero-order chi connectivity index (χ0) is 22.1. The molecule has 0 N–H and O–H groups in total. The Morgan fingerprint density at radius 2 is 1.62 bits per heavy atom. The second kappa shape index (κ2) is 8.26. The van der Waals surface area contributed by atoms with Crippen molar-refractivity contribution < 1.29 is 14.4 Å². The summed E-state index contributed by atoms with van der Waals surface area (Å²) in [5, 5.41) is 0. The number of hydrogen-bond acceptors (Lipinski definition) is 5. The van der Waals surface area contributed by atoms with E-state index in [9.17, 15) is 14.4 Å². The van der Waals surface area contributed by atoms with Crippen molar-refractivity contribution in [3.8, 4) is 0 Å². The highest BCUT2D eigenvalue weighted by atomic mass is 16.2. The average molecular weight is 426 g/mol. The van der Waals surface area contributed by atoms with E-state index in [1.807, 2.05) is 53.4 Å². The number of aromatic nitrogens is 1. The molecule has 1 aromatic heterocycles. The van der Waals surface area contributed by atoms with Crippen LogP contribution >= 0.6 is 0 Å². The molecule has 3 amide bonds. The number of rotatable bonds is 4. The summed E-state index contributed by atoms with van der Waals surface area (Å²) in [6.07, 6.45) is 3.32. The van der Waals surface area contributed by atoms with Crippen molar-refractivity contribution in [3.05, 3.63) is 95.3 Å². The number of fused-ring (bicyclic) bond motifs is 1. The van der Waals surface area contributed by atoms with Crippen molar-refractivity contribution in [2.45, 2.75) is 6.54 Å². The van der Waals surface area contributed by atoms with Crippen LogP contribution in [0.5, 0.6) is 0 Å². The number of carbonyl (C=O) groups excluding carboxylic acids is 3. The molecular formula is C25H22N4O3. The van der Waals surface area contributed by atoms with Gasteiger partial charge in [0.15, 0.2) is 0 Å². The number of carbonyl (C=O) groups is 3. The van der Waals surface area contributed by atoms with Crippen LogP contribution in [0.3, 0.4) is 0 Å². The van der Waals surface area contributed by atoms with Gasteiger partial charge in [0.1, 0.15) is 0 Å². The molecule has 0 spiro atoms. The lowest BCUT2D eigenvalue weighted by molar-refractivity contribution is 0.0640. The summed E-state index contributed by atoms with van der Waals surface area (Å²) in [5.74, 6) is -0.557. The van der Waals surface area contributed by atoms with E-state index < -0.39 is 0 Å². The average Bonchev–Trinajstić information content (AvgIpc) is 3.10. The summed E-state index contributed by atoms with van der Waals surface area (Å²) >= 11 is 0. The van der Waals surface area contributed by atoms with E-state index in [2.05, 4.69) is 9.88 Å². The van der Waals surface area contributed by atoms with Crippen LogP contribution in [0.4, 0.5) is 5.69 Å². The molecule has 0 atom stereocenters. The fraction of sp³-hybridized carbons (Fsp3) is 0.200. The lowest BCUT2D eigenvalue weighted by Gasteiger charge is -2.36. The number of piperazine rings is 1. The minimum absolute atomic E-state index is 0.0115. The fourth-order valence-corrected chi connectivity index (χ4v) is 4.31. The van der Waals surface area contributed by atoms with Gasteiger partial charge in [0.2, 0.25) is 0 Å². The molecule has 0 radical (unpaired) electrons. The third kappa shape index (κ3) is 3.51. The van der Waals surface area contributed by atoms with Gasteiger partial charge in [-0.1, -0.05) is 30.3 Å². The molecule has 0 unspecified atom stereocenters. The van der Waals surface area contributed by atoms with Crippen molar-refractivity contribution in [2.24, 2.45) is 0 Å². The number of amides is 3. The minimum Gasteiger partial charge on any atom is -0.367 e. The summed E-state index contributed by atoms with van der Waals surface area (Å²) in [4.78, 5) is 48.2. The summed E-state index contributed by atoms with van der Waals surface area (Å²) < 4.78 is 0. The van der Waals surface area contributed by atoms with Gasteiger partial charge < -0.3 is 9.80 Å². The van der Waals surface area contributed by atoms with Crippen LogP contribution in [-0.2, 0) is 6.54 Å². The third-order valence-corrected chi connectivity index (χ3v) is 5.97. The van der Waals surface area contributed by atoms with E-state index in [-0.39, 0.29) is 24.3 Å². The van der Waals surface area contributed by atoms with Gasteiger partial charge in [-0.25, -0.2) is 0 Å². The maximum atomic E-state index is 13.2. The molecule has 5 rings (SSSR count). The quantitative estimate of drug-likeness (QED) is 0.600. The number of nitrogens with zero attached hydrogens (tertiary/aromatic N) is 4. The standard InChI is InChI=1S/C25H22N4O3/c30-23(19-7-2-1-3-8-19)28-14-12-27(13-15-28)21-10-4-9-20-22(21)25(32)29(24(20)31)17-18-6-5-11-26-16-18/h1-11,16H,12-15,17H2. The summed E-state index contributed by atoms with van der Waals surface area (Å²) in [7, 11) is 0. The van der Waals surface area contributed by atoms with Gasteiger partial charge in [0.05, 0.1) is 23.4 Å². The van der Waals surface area contributed by atoms with E-state index in [1.54, 1.807) is 24.5 Å². The van der Waals surface area contributed by atoms with E-state index in [4.69, 9.17) is 0 Å². The van der Waals surface area contributed by atoms with Gasteiger partial charge in [0.25, 0.3) is 17.7 Å². The fourth-order valence-electron chi connectivity index (χ4n) is 4.31. The molecule has 1 saturated heterocycles. The zero-order valence-electron chi connectivity index (χ0n) is 17.5. The lowest BCUT2D eigenvalue weighted by atomic mass is 10.1. The molecule has 3 heterocycles. The van der Waals surface area contributed by atoms with E-state index >= 15 is 0 Å². The smallest absolute Gasteiger partial charge is 0.263 e. The molecule has 2 aliphatic rings. The highest BCUT2D eigenvalue weighted by molar-refractivity contribution is 6.23. The van der Waals surface area contributed by atoms with Crippen LogP contribution < -0.4 is 4.90 Å². The highest BCUT2D eigenvalue weighted by Crippen LogP contribution is 2.33. The van der Waals surface area contributed by atoms with Gasteiger partial charge in [0, 0.05) is 44.1 Å². The largest absolute Gasteiger partial charge is 0.367 e. The predicted octanol–water partition coefficient (Wildman–Crippen LogP) is 2.84. The Balaban J connectivity index is 1.34. The lowest BCUT2D eigenvalue weighted by Crippen LogP contribution is -2.49. The second-order valence-electron chi connectivity index (χ2n) is 7.90. The van der Waals surface area contributed by atoms with Gasteiger partial charge in [-0.15, -0.1) is 0 Å². The van der Waals surface area contributed by atoms with Crippen LogP contribution in [-0.4, -0.2) is 58.7 Å². The molecule has 1 fully saturated rings. The van der Waals surface area contributed by atoms with Gasteiger partial charge in [-0.2, -0.15) is 0 Å². The molecule has 0 saturated carbocycles. The molecule has 2 aromatic carbocycles. The Hall–Kier alpha value is -4.00. The van der Waals surface area contributed by atoms with Crippen molar-refractivity contribution >= 4 is 23.4 Å². The molecule has 160 valence electrons. The molecular weight excluding hydrogens is 404 g/mol. The van der Waals surface area contributed by atoms with Crippen molar-refractivity contribution in [2.75, 3.05) is 31.1 Å². The molecule has 2 aliphatic heterocycles. The summed E-state index contributed by atoms with van der Waals surface area (Å²) in [5.41, 5.74) is 3.11. The Kier molecular flexibility index (Phi) is 5.15. The third-order valence-electron chi connectivity index (χ3n) is 5.97. The van der Waals surface area contributed by atoms with Gasteiger partial charge >= 0.3 is 0 Å². The van der Waals surface area contributed by atoms with Crippen molar-refractivity contribution in [1.82, 2.24) is 14.8 Å². The van der Waals surface area contributed by atoms with Crippen LogP contribution in [0.25, 0.3) is 0 Å². The predicted molar refractivity (Wildman–Crippen MR) is 119 cm³/mol.